The number of hydrogen-bond acceptors (Lipinski definition) is 4. The largest absolute Gasteiger partial charge is 0.465 e. The Balaban J connectivity index is 2.67. The summed E-state index contributed by atoms with van der Waals surface area (Å²) in [7, 11) is 1.80. The number of esters is 1. The second-order valence-corrected chi connectivity index (χ2v) is 7.32. The van der Waals surface area contributed by atoms with Crippen molar-refractivity contribution in [3.8, 4) is 0 Å². The van der Waals surface area contributed by atoms with Crippen LogP contribution in [0.2, 0.25) is 0 Å². The maximum absolute atomic E-state index is 12.0. The Kier molecular flexibility index (Phi) is 7.06. The lowest BCUT2D eigenvalue weighted by atomic mass is 9.96. The number of halogens is 1. The van der Waals surface area contributed by atoms with Gasteiger partial charge in [0.15, 0.2) is 0 Å². The smallest absolute Gasteiger partial charge is 0.326 e. The predicted molar refractivity (Wildman–Crippen MR) is 88.2 cm³/mol. The maximum Gasteiger partial charge on any atom is 0.326 e. The number of ether oxygens (including phenoxy) is 1. The van der Waals surface area contributed by atoms with Gasteiger partial charge in [-0.15, -0.1) is 11.8 Å². The molecular weight excluding hydrogens is 338 g/mol. The van der Waals surface area contributed by atoms with E-state index in [0.29, 0.717) is 18.3 Å². The molecule has 5 heteroatoms. The molecule has 0 aliphatic carbocycles. The summed E-state index contributed by atoms with van der Waals surface area (Å²) in [6, 6.07) is 8.18. The molecule has 20 heavy (non-hydrogen) atoms. The number of carbonyl (C=O) groups is 1. The highest BCUT2D eigenvalue weighted by Gasteiger charge is 2.34. The molecule has 1 aromatic rings. The fourth-order valence-electron chi connectivity index (χ4n) is 1.97. The predicted octanol–water partition coefficient (Wildman–Crippen LogP) is 3.86. The summed E-state index contributed by atoms with van der Waals surface area (Å²) < 4.78 is 6.22. The van der Waals surface area contributed by atoms with Crippen LogP contribution in [0.3, 0.4) is 0 Å². The van der Waals surface area contributed by atoms with Gasteiger partial charge < -0.3 is 10.1 Å². The van der Waals surface area contributed by atoms with Crippen molar-refractivity contribution in [2.45, 2.75) is 42.9 Å². The lowest BCUT2D eigenvalue weighted by Gasteiger charge is -2.29. The van der Waals surface area contributed by atoms with Crippen molar-refractivity contribution in [3.63, 3.8) is 0 Å². The monoisotopic (exact) mass is 359 g/mol. The summed E-state index contributed by atoms with van der Waals surface area (Å²) in [5.74, 6) is -0.191. The minimum Gasteiger partial charge on any atom is -0.465 e. The first-order valence-electron chi connectivity index (χ1n) is 6.69. The molecule has 2 atom stereocenters. The van der Waals surface area contributed by atoms with Crippen LogP contribution in [0.15, 0.2) is 33.6 Å². The molecule has 2 unspecified atom stereocenters. The van der Waals surface area contributed by atoms with Crippen LogP contribution in [0, 0.1) is 0 Å². The van der Waals surface area contributed by atoms with E-state index in [4.69, 9.17) is 4.74 Å². The van der Waals surface area contributed by atoms with E-state index in [1.165, 1.54) is 4.90 Å². The van der Waals surface area contributed by atoms with Crippen LogP contribution in [0.5, 0.6) is 0 Å². The average Bonchev–Trinajstić information content (AvgIpc) is 2.38. The van der Waals surface area contributed by atoms with Crippen molar-refractivity contribution < 1.29 is 9.53 Å². The first-order chi connectivity index (χ1) is 9.41. The molecule has 0 fully saturated rings. The molecular formula is C15H22BrNO2S. The van der Waals surface area contributed by atoms with Gasteiger partial charge in [0.25, 0.3) is 0 Å². The molecule has 3 nitrogen and oxygen atoms in total. The average molecular weight is 360 g/mol. The van der Waals surface area contributed by atoms with Gasteiger partial charge in [-0.2, -0.15) is 0 Å². The Morgan fingerprint density at radius 1 is 1.55 bits per heavy atom. The number of carbonyl (C=O) groups excluding carboxylic acids is 1. The number of nitrogens with one attached hydrogen (secondary N) is 1. The zero-order valence-corrected chi connectivity index (χ0v) is 14.8. The Labute approximate surface area is 134 Å². The van der Waals surface area contributed by atoms with E-state index in [0.717, 1.165) is 4.47 Å². The van der Waals surface area contributed by atoms with Crippen LogP contribution in [0.4, 0.5) is 0 Å². The van der Waals surface area contributed by atoms with Gasteiger partial charge in [0.1, 0.15) is 5.54 Å². The van der Waals surface area contributed by atoms with Crippen molar-refractivity contribution in [1.82, 2.24) is 5.32 Å². The highest BCUT2D eigenvalue weighted by Crippen LogP contribution is 2.30. The number of benzene rings is 1. The molecule has 0 amide bonds. The van der Waals surface area contributed by atoms with Gasteiger partial charge in [-0.1, -0.05) is 28.9 Å². The van der Waals surface area contributed by atoms with Crippen molar-refractivity contribution in [2.75, 3.05) is 13.7 Å². The minimum absolute atomic E-state index is 0.191. The van der Waals surface area contributed by atoms with Crippen molar-refractivity contribution in [2.24, 2.45) is 0 Å². The van der Waals surface area contributed by atoms with Crippen LogP contribution in [-0.4, -0.2) is 30.4 Å². The first-order valence-corrected chi connectivity index (χ1v) is 8.37. The summed E-state index contributed by atoms with van der Waals surface area (Å²) in [6.45, 7) is 6.25. The number of thioether (sulfide) groups is 1. The molecule has 1 N–H and O–H groups in total. The van der Waals surface area contributed by atoms with Crippen molar-refractivity contribution in [1.29, 1.82) is 0 Å². The Hall–Kier alpha value is -0.520. The van der Waals surface area contributed by atoms with E-state index in [1.807, 2.05) is 26.0 Å². The fraction of sp³-hybridized carbons (Fsp3) is 0.533. The van der Waals surface area contributed by atoms with Gasteiger partial charge in [-0.25, -0.2) is 0 Å². The molecule has 0 aromatic heterocycles. The van der Waals surface area contributed by atoms with Gasteiger partial charge in [-0.05, 0) is 45.5 Å². The van der Waals surface area contributed by atoms with Crippen LogP contribution in [0.25, 0.3) is 0 Å². The Morgan fingerprint density at radius 2 is 2.25 bits per heavy atom. The minimum atomic E-state index is -0.644. The summed E-state index contributed by atoms with van der Waals surface area (Å²) in [6.07, 6.45) is 0.708. The SMILES string of the molecule is CCOC(=O)C(C)(CC(C)Sc1cccc(Br)c1)NC. The molecule has 0 heterocycles. The molecule has 0 bridgehead atoms. The molecule has 0 saturated carbocycles. The van der Waals surface area contributed by atoms with Crippen LogP contribution in [-0.2, 0) is 9.53 Å². The summed E-state index contributed by atoms with van der Waals surface area (Å²) in [5.41, 5.74) is -0.644. The fourth-order valence-corrected chi connectivity index (χ4v) is 3.75. The van der Waals surface area contributed by atoms with E-state index < -0.39 is 5.54 Å². The Morgan fingerprint density at radius 3 is 2.80 bits per heavy atom. The Bertz CT molecular complexity index is 455. The molecule has 0 spiro atoms. The van der Waals surface area contributed by atoms with E-state index in [2.05, 4.69) is 40.3 Å². The zero-order chi connectivity index (χ0) is 15.2. The van der Waals surface area contributed by atoms with Crippen LogP contribution >= 0.6 is 27.7 Å². The standard InChI is InChI=1S/C15H22BrNO2S/c1-5-19-14(18)15(3,17-4)10-11(2)20-13-8-6-7-12(16)9-13/h6-9,11,17H,5,10H2,1-4H3. The van der Waals surface area contributed by atoms with E-state index >= 15 is 0 Å². The van der Waals surface area contributed by atoms with Crippen molar-refractivity contribution in [3.05, 3.63) is 28.7 Å². The van der Waals surface area contributed by atoms with E-state index in [9.17, 15) is 4.79 Å². The summed E-state index contributed by atoms with van der Waals surface area (Å²) >= 11 is 5.23. The lowest BCUT2D eigenvalue weighted by Crippen LogP contribution is -2.50. The molecule has 112 valence electrons. The first kappa shape index (κ1) is 17.5. The number of hydrogen-bond donors (Lipinski definition) is 1. The van der Waals surface area contributed by atoms with Gasteiger partial charge in [-0.3, -0.25) is 4.79 Å². The van der Waals surface area contributed by atoms with Crippen LogP contribution in [0.1, 0.15) is 27.2 Å². The summed E-state index contributed by atoms with van der Waals surface area (Å²) in [5, 5.41) is 3.39. The second-order valence-electron chi connectivity index (χ2n) is 4.89. The second kappa shape index (κ2) is 8.05. The van der Waals surface area contributed by atoms with E-state index in [1.54, 1.807) is 18.8 Å². The number of likely N-dealkylation sites (N-methyl/N-ethyl adjacent to an activating group) is 1. The van der Waals surface area contributed by atoms with Crippen molar-refractivity contribution >= 4 is 33.7 Å². The molecule has 0 aliphatic heterocycles. The van der Waals surface area contributed by atoms with Gasteiger partial charge in [0.2, 0.25) is 0 Å². The quantitative estimate of drug-likeness (QED) is 0.592. The lowest BCUT2D eigenvalue weighted by molar-refractivity contribution is -0.150. The van der Waals surface area contributed by atoms with Gasteiger partial charge >= 0.3 is 5.97 Å². The van der Waals surface area contributed by atoms with Gasteiger partial charge in [0, 0.05) is 14.6 Å². The maximum atomic E-state index is 12.0. The molecule has 0 aliphatic rings. The molecule has 0 radical (unpaired) electrons. The molecule has 1 rings (SSSR count). The van der Waals surface area contributed by atoms with Gasteiger partial charge in [0.05, 0.1) is 6.61 Å². The third kappa shape index (κ3) is 5.11. The number of rotatable bonds is 7. The highest BCUT2D eigenvalue weighted by atomic mass is 79.9. The zero-order valence-electron chi connectivity index (χ0n) is 12.4. The van der Waals surface area contributed by atoms with Crippen LogP contribution < -0.4 is 5.32 Å². The third-order valence-electron chi connectivity index (χ3n) is 3.11. The topological polar surface area (TPSA) is 38.3 Å². The normalized spacial score (nSPS) is 15.4. The third-order valence-corrected chi connectivity index (χ3v) is 4.70. The summed E-state index contributed by atoms with van der Waals surface area (Å²) in [4.78, 5) is 13.2. The van der Waals surface area contributed by atoms with E-state index in [-0.39, 0.29) is 5.97 Å². The molecule has 1 aromatic carbocycles. The highest BCUT2D eigenvalue weighted by molar-refractivity contribution is 9.10. The molecule has 0 saturated heterocycles.